The summed E-state index contributed by atoms with van der Waals surface area (Å²) in [5, 5.41) is 2.44. The highest BCUT2D eigenvalue weighted by Crippen LogP contribution is 2.25. The van der Waals surface area contributed by atoms with E-state index in [0.717, 1.165) is 0 Å². The van der Waals surface area contributed by atoms with Crippen LogP contribution in [-0.4, -0.2) is 50.3 Å². The highest BCUT2D eigenvalue weighted by atomic mass is 32.2. The molecule has 7 nitrogen and oxygen atoms in total. The highest BCUT2D eigenvalue weighted by Gasteiger charge is 2.35. The van der Waals surface area contributed by atoms with Gasteiger partial charge in [0.05, 0.1) is 11.5 Å². The van der Waals surface area contributed by atoms with Crippen molar-refractivity contribution in [1.29, 1.82) is 0 Å². The van der Waals surface area contributed by atoms with Gasteiger partial charge in [-0.15, -0.1) is 0 Å². The number of ether oxygens (including phenoxy) is 1. The van der Waals surface area contributed by atoms with Gasteiger partial charge in [-0.2, -0.15) is 4.31 Å². The standard InChI is InChI=1S/C15H20N2O5S/c1-2-22-15(19)14(18)16-11-12-7-6-10-17(12)23(20,21)13-8-4-3-5-9-13/h3-5,8-9,12H,2,6-7,10-11H2,1H3,(H,16,18). The van der Waals surface area contributed by atoms with Crippen molar-refractivity contribution in [3.05, 3.63) is 30.3 Å². The van der Waals surface area contributed by atoms with Crippen LogP contribution in [0.5, 0.6) is 0 Å². The van der Waals surface area contributed by atoms with Gasteiger partial charge in [0.2, 0.25) is 10.0 Å². The van der Waals surface area contributed by atoms with Crippen LogP contribution in [0.2, 0.25) is 0 Å². The van der Waals surface area contributed by atoms with Gasteiger partial charge in [-0.05, 0) is 31.9 Å². The van der Waals surface area contributed by atoms with Gasteiger partial charge in [-0.25, -0.2) is 13.2 Å². The highest BCUT2D eigenvalue weighted by molar-refractivity contribution is 7.89. The number of nitrogens with zero attached hydrogens (tertiary/aromatic N) is 1. The van der Waals surface area contributed by atoms with Crippen LogP contribution in [0.4, 0.5) is 0 Å². The van der Waals surface area contributed by atoms with Crippen molar-refractivity contribution >= 4 is 21.9 Å². The fourth-order valence-corrected chi connectivity index (χ4v) is 4.25. The number of carbonyl (C=O) groups is 2. The van der Waals surface area contributed by atoms with Crippen LogP contribution < -0.4 is 5.32 Å². The average molecular weight is 340 g/mol. The fraction of sp³-hybridized carbons (Fsp3) is 0.467. The molecule has 126 valence electrons. The van der Waals surface area contributed by atoms with E-state index in [1.165, 1.54) is 4.31 Å². The van der Waals surface area contributed by atoms with Gasteiger partial charge in [0, 0.05) is 19.1 Å². The molecule has 0 saturated carbocycles. The van der Waals surface area contributed by atoms with Crippen molar-refractivity contribution in [2.24, 2.45) is 0 Å². The number of carbonyl (C=O) groups excluding carboxylic acids is 2. The Labute approximate surface area is 135 Å². The number of benzene rings is 1. The predicted molar refractivity (Wildman–Crippen MR) is 83.0 cm³/mol. The summed E-state index contributed by atoms with van der Waals surface area (Å²) in [6, 6.07) is 7.81. The summed E-state index contributed by atoms with van der Waals surface area (Å²) in [6.45, 7) is 2.21. The minimum atomic E-state index is -3.60. The van der Waals surface area contributed by atoms with E-state index in [1.54, 1.807) is 37.3 Å². The zero-order chi connectivity index (χ0) is 16.9. The molecule has 2 rings (SSSR count). The summed E-state index contributed by atoms with van der Waals surface area (Å²) in [5.41, 5.74) is 0. The SMILES string of the molecule is CCOC(=O)C(=O)NCC1CCCN1S(=O)(=O)c1ccccc1. The van der Waals surface area contributed by atoms with Crippen LogP contribution in [0.15, 0.2) is 35.2 Å². The maximum atomic E-state index is 12.6. The molecule has 1 unspecified atom stereocenters. The van der Waals surface area contributed by atoms with E-state index in [9.17, 15) is 18.0 Å². The molecule has 0 radical (unpaired) electrons. The third-order valence-corrected chi connectivity index (χ3v) is 5.60. The molecule has 8 heteroatoms. The zero-order valence-corrected chi connectivity index (χ0v) is 13.7. The molecule has 1 aromatic rings. The lowest BCUT2D eigenvalue weighted by molar-refractivity contribution is -0.154. The molecule has 1 aliphatic rings. The molecule has 0 bridgehead atoms. The van der Waals surface area contributed by atoms with Crippen LogP contribution >= 0.6 is 0 Å². The molecule has 0 spiro atoms. The number of hydrogen-bond acceptors (Lipinski definition) is 5. The summed E-state index contributed by atoms with van der Waals surface area (Å²) in [4.78, 5) is 23.1. The molecule has 1 aliphatic heterocycles. The first kappa shape index (κ1) is 17.4. The Morgan fingerprint density at radius 1 is 1.30 bits per heavy atom. The van der Waals surface area contributed by atoms with Gasteiger partial charge in [-0.1, -0.05) is 18.2 Å². The zero-order valence-electron chi connectivity index (χ0n) is 12.9. The molecule has 0 aromatic heterocycles. The first-order valence-corrected chi connectivity index (χ1v) is 8.92. The summed E-state index contributed by atoms with van der Waals surface area (Å²) >= 11 is 0. The Morgan fingerprint density at radius 3 is 2.65 bits per heavy atom. The van der Waals surface area contributed by atoms with Crippen molar-refractivity contribution in [1.82, 2.24) is 9.62 Å². The van der Waals surface area contributed by atoms with Crippen molar-refractivity contribution in [2.75, 3.05) is 19.7 Å². The van der Waals surface area contributed by atoms with Gasteiger partial charge < -0.3 is 10.1 Å². The van der Waals surface area contributed by atoms with Gasteiger partial charge in [-0.3, -0.25) is 4.79 Å². The number of hydrogen-bond donors (Lipinski definition) is 1. The fourth-order valence-electron chi connectivity index (χ4n) is 2.54. The second kappa shape index (κ2) is 7.56. The molecule has 1 aromatic carbocycles. The Kier molecular flexibility index (Phi) is 5.73. The number of nitrogens with one attached hydrogen (secondary N) is 1. The second-order valence-electron chi connectivity index (χ2n) is 5.16. The van der Waals surface area contributed by atoms with Gasteiger partial charge >= 0.3 is 11.9 Å². The van der Waals surface area contributed by atoms with E-state index < -0.39 is 21.9 Å². The maximum Gasteiger partial charge on any atom is 0.396 e. The van der Waals surface area contributed by atoms with Crippen LogP contribution in [0.1, 0.15) is 19.8 Å². The first-order chi connectivity index (χ1) is 11.0. The molecule has 23 heavy (non-hydrogen) atoms. The summed E-state index contributed by atoms with van der Waals surface area (Å²) < 4.78 is 31.3. The molecule has 1 amide bonds. The normalized spacial score (nSPS) is 18.6. The largest absolute Gasteiger partial charge is 0.459 e. The number of sulfonamides is 1. The summed E-state index contributed by atoms with van der Waals surface area (Å²) in [5.74, 6) is -1.81. The lowest BCUT2D eigenvalue weighted by atomic mass is 10.2. The maximum absolute atomic E-state index is 12.6. The quantitative estimate of drug-likeness (QED) is 0.623. The van der Waals surface area contributed by atoms with Crippen LogP contribution in [0.25, 0.3) is 0 Å². The average Bonchev–Trinajstić information content (AvgIpc) is 3.03. The van der Waals surface area contributed by atoms with Crippen molar-refractivity contribution in [3.8, 4) is 0 Å². The van der Waals surface area contributed by atoms with E-state index in [4.69, 9.17) is 0 Å². The van der Waals surface area contributed by atoms with E-state index in [2.05, 4.69) is 10.1 Å². The van der Waals surface area contributed by atoms with Gasteiger partial charge in [0.15, 0.2) is 0 Å². The van der Waals surface area contributed by atoms with Crippen molar-refractivity contribution in [3.63, 3.8) is 0 Å². The molecule has 1 atom stereocenters. The number of esters is 1. The van der Waals surface area contributed by atoms with Gasteiger partial charge in [0.1, 0.15) is 0 Å². The Hall–Kier alpha value is -1.93. The lowest BCUT2D eigenvalue weighted by Gasteiger charge is -2.24. The predicted octanol–water partition coefficient (Wildman–Crippen LogP) is 0.519. The topological polar surface area (TPSA) is 92.8 Å². The van der Waals surface area contributed by atoms with E-state index >= 15 is 0 Å². The summed E-state index contributed by atoms with van der Waals surface area (Å²) in [7, 11) is -3.60. The first-order valence-electron chi connectivity index (χ1n) is 7.48. The van der Waals surface area contributed by atoms with Gasteiger partial charge in [0.25, 0.3) is 0 Å². The smallest absolute Gasteiger partial charge is 0.396 e. The molecule has 1 N–H and O–H groups in total. The van der Waals surface area contributed by atoms with Crippen LogP contribution in [0, 0.1) is 0 Å². The Balaban J connectivity index is 2.03. The molecule has 1 saturated heterocycles. The molecule has 1 heterocycles. The molecular weight excluding hydrogens is 320 g/mol. The van der Waals surface area contributed by atoms with Crippen LogP contribution in [0.3, 0.4) is 0 Å². The second-order valence-corrected chi connectivity index (χ2v) is 7.05. The minimum absolute atomic E-state index is 0.0870. The van der Waals surface area contributed by atoms with Crippen LogP contribution in [-0.2, 0) is 24.3 Å². The monoisotopic (exact) mass is 340 g/mol. The Morgan fingerprint density at radius 2 is 2.00 bits per heavy atom. The molecule has 0 aliphatic carbocycles. The molecule has 1 fully saturated rings. The minimum Gasteiger partial charge on any atom is -0.459 e. The summed E-state index contributed by atoms with van der Waals surface area (Å²) in [6.07, 6.45) is 1.35. The number of amides is 1. The van der Waals surface area contributed by atoms with E-state index in [0.29, 0.717) is 19.4 Å². The van der Waals surface area contributed by atoms with E-state index in [-0.39, 0.29) is 24.1 Å². The third-order valence-electron chi connectivity index (χ3n) is 3.63. The molecular formula is C15H20N2O5S. The number of rotatable bonds is 5. The van der Waals surface area contributed by atoms with Crippen molar-refractivity contribution < 1.29 is 22.7 Å². The third kappa shape index (κ3) is 4.08. The van der Waals surface area contributed by atoms with E-state index in [1.807, 2.05) is 0 Å². The Bertz CT molecular complexity index is 660. The lowest BCUT2D eigenvalue weighted by Crippen LogP contribution is -2.44. The van der Waals surface area contributed by atoms with Crippen molar-refractivity contribution in [2.45, 2.75) is 30.7 Å².